The zero-order valence-corrected chi connectivity index (χ0v) is 12.6. The van der Waals surface area contributed by atoms with Crippen LogP contribution in [-0.2, 0) is 10.2 Å². The van der Waals surface area contributed by atoms with Crippen LogP contribution in [0.25, 0.3) is 0 Å². The van der Waals surface area contributed by atoms with Crippen LogP contribution in [0.4, 0.5) is 0 Å². The lowest BCUT2D eigenvalue weighted by Gasteiger charge is -2.17. The van der Waals surface area contributed by atoms with Crippen molar-refractivity contribution in [2.24, 2.45) is 5.92 Å². The van der Waals surface area contributed by atoms with Gasteiger partial charge in [0.25, 0.3) is 0 Å². The number of nitrogens with one attached hydrogen (secondary N) is 1. The Morgan fingerprint density at radius 2 is 2.00 bits per heavy atom. The van der Waals surface area contributed by atoms with Crippen LogP contribution in [0.1, 0.15) is 50.4 Å². The van der Waals surface area contributed by atoms with Gasteiger partial charge in [0.2, 0.25) is 0 Å². The van der Waals surface area contributed by atoms with Gasteiger partial charge in [0.15, 0.2) is 0 Å². The molecule has 2 N–H and O–H groups in total. The van der Waals surface area contributed by atoms with Gasteiger partial charge in [0, 0.05) is 9.75 Å². The van der Waals surface area contributed by atoms with Gasteiger partial charge in [-0.2, -0.15) is 0 Å². The maximum atomic E-state index is 11.3. The van der Waals surface area contributed by atoms with Gasteiger partial charge in [-0.15, -0.1) is 11.3 Å². The number of thiophene rings is 1. The molecule has 0 saturated heterocycles. The molecule has 0 fully saturated rings. The van der Waals surface area contributed by atoms with E-state index in [-0.39, 0.29) is 5.41 Å². The molecule has 102 valence electrons. The molecular weight excluding hydrogens is 246 g/mol. The molecule has 3 nitrogen and oxygen atoms in total. The summed E-state index contributed by atoms with van der Waals surface area (Å²) >= 11 is 1.58. The second kappa shape index (κ2) is 5.85. The van der Waals surface area contributed by atoms with E-state index in [2.05, 4.69) is 39.9 Å². The summed E-state index contributed by atoms with van der Waals surface area (Å²) in [6.45, 7) is 11.3. The van der Waals surface area contributed by atoms with Crippen LogP contribution in [0.15, 0.2) is 12.1 Å². The fourth-order valence-electron chi connectivity index (χ4n) is 1.57. The molecule has 0 radical (unpaired) electrons. The first kappa shape index (κ1) is 15.2. The molecule has 0 aliphatic heterocycles. The van der Waals surface area contributed by atoms with Crippen LogP contribution in [-0.4, -0.2) is 17.6 Å². The average Bonchev–Trinajstić information content (AvgIpc) is 2.65. The predicted octanol–water partition coefficient (Wildman–Crippen LogP) is 3.42. The number of carboxylic acids is 1. The monoisotopic (exact) mass is 269 g/mol. The van der Waals surface area contributed by atoms with Crippen molar-refractivity contribution in [2.75, 3.05) is 6.54 Å². The Morgan fingerprint density at radius 1 is 1.39 bits per heavy atom. The van der Waals surface area contributed by atoms with E-state index < -0.39 is 12.0 Å². The molecule has 0 bridgehead atoms. The highest BCUT2D eigenvalue weighted by atomic mass is 32.1. The molecule has 1 unspecified atom stereocenters. The van der Waals surface area contributed by atoms with Gasteiger partial charge in [-0.3, -0.25) is 10.1 Å². The Balaban J connectivity index is 2.87. The molecular formula is C14H23NO2S. The quantitative estimate of drug-likeness (QED) is 0.861. The standard InChI is InChI=1S/C14H23NO2S/c1-9(2)8-15-12(13(16)17)10-6-7-11(18-10)14(3,4)5/h6-7,9,12,15H,8H2,1-5H3,(H,16,17). The average molecular weight is 269 g/mol. The van der Waals surface area contributed by atoms with E-state index in [0.717, 1.165) is 4.88 Å². The number of hydrogen-bond donors (Lipinski definition) is 2. The summed E-state index contributed by atoms with van der Waals surface area (Å²) in [4.78, 5) is 13.4. The number of carboxylic acid groups (broad SMARTS) is 1. The molecule has 0 aliphatic rings. The van der Waals surface area contributed by atoms with Crippen molar-refractivity contribution >= 4 is 17.3 Å². The molecule has 0 aromatic carbocycles. The fraction of sp³-hybridized carbons (Fsp3) is 0.643. The molecule has 0 amide bonds. The Morgan fingerprint density at radius 3 is 2.39 bits per heavy atom. The zero-order chi connectivity index (χ0) is 13.9. The number of aliphatic carboxylic acids is 1. The summed E-state index contributed by atoms with van der Waals surface area (Å²) in [6.07, 6.45) is 0. The molecule has 1 heterocycles. The van der Waals surface area contributed by atoms with Crippen LogP contribution >= 0.6 is 11.3 Å². The molecule has 18 heavy (non-hydrogen) atoms. The lowest BCUT2D eigenvalue weighted by atomic mass is 9.95. The maximum Gasteiger partial charge on any atom is 0.326 e. The molecule has 1 aromatic rings. The summed E-state index contributed by atoms with van der Waals surface area (Å²) in [7, 11) is 0. The van der Waals surface area contributed by atoms with Crippen molar-refractivity contribution in [2.45, 2.75) is 46.1 Å². The van der Waals surface area contributed by atoms with E-state index in [0.29, 0.717) is 12.5 Å². The van der Waals surface area contributed by atoms with Gasteiger partial charge >= 0.3 is 5.97 Å². The molecule has 0 aliphatic carbocycles. The molecule has 4 heteroatoms. The SMILES string of the molecule is CC(C)CNC(C(=O)O)c1ccc(C(C)(C)C)s1. The van der Waals surface area contributed by atoms with E-state index in [9.17, 15) is 9.90 Å². The Hall–Kier alpha value is -0.870. The smallest absolute Gasteiger partial charge is 0.326 e. The predicted molar refractivity (Wildman–Crippen MR) is 76.2 cm³/mol. The Labute approximate surface area is 113 Å². The minimum absolute atomic E-state index is 0.0734. The Kier molecular flexibility index (Phi) is 4.93. The van der Waals surface area contributed by atoms with E-state index in [1.807, 2.05) is 12.1 Å². The van der Waals surface area contributed by atoms with Crippen molar-refractivity contribution in [1.29, 1.82) is 0 Å². The maximum absolute atomic E-state index is 11.3. The van der Waals surface area contributed by atoms with E-state index in [1.54, 1.807) is 11.3 Å². The molecule has 1 atom stereocenters. The van der Waals surface area contributed by atoms with Crippen LogP contribution in [0.3, 0.4) is 0 Å². The number of rotatable bonds is 5. The van der Waals surface area contributed by atoms with Crippen LogP contribution in [0.2, 0.25) is 0 Å². The van der Waals surface area contributed by atoms with Gasteiger partial charge in [-0.05, 0) is 30.0 Å². The van der Waals surface area contributed by atoms with Crippen LogP contribution in [0.5, 0.6) is 0 Å². The van der Waals surface area contributed by atoms with E-state index in [1.165, 1.54) is 4.88 Å². The van der Waals surface area contributed by atoms with E-state index >= 15 is 0 Å². The fourth-order valence-corrected chi connectivity index (χ4v) is 2.71. The minimum Gasteiger partial charge on any atom is -0.480 e. The van der Waals surface area contributed by atoms with E-state index in [4.69, 9.17) is 0 Å². The molecule has 0 spiro atoms. The third kappa shape index (κ3) is 4.10. The molecule has 1 rings (SSSR count). The van der Waals surface area contributed by atoms with Crippen LogP contribution in [0, 0.1) is 5.92 Å². The first-order valence-electron chi connectivity index (χ1n) is 6.28. The zero-order valence-electron chi connectivity index (χ0n) is 11.8. The van der Waals surface area contributed by atoms with Crippen molar-refractivity contribution in [3.63, 3.8) is 0 Å². The summed E-state index contributed by atoms with van der Waals surface area (Å²) in [5.41, 5.74) is 0.0734. The van der Waals surface area contributed by atoms with Crippen molar-refractivity contribution in [1.82, 2.24) is 5.32 Å². The number of carbonyl (C=O) groups is 1. The Bertz CT molecular complexity index is 404. The second-order valence-corrected chi connectivity index (χ2v) is 7.14. The third-order valence-corrected chi connectivity index (χ3v) is 4.20. The summed E-state index contributed by atoms with van der Waals surface area (Å²) in [5, 5.41) is 12.4. The van der Waals surface area contributed by atoms with Crippen molar-refractivity contribution < 1.29 is 9.90 Å². The molecule has 1 aromatic heterocycles. The van der Waals surface area contributed by atoms with Gasteiger partial charge in [-0.1, -0.05) is 34.6 Å². The van der Waals surface area contributed by atoms with Crippen LogP contribution < -0.4 is 5.32 Å². The highest BCUT2D eigenvalue weighted by Gasteiger charge is 2.24. The van der Waals surface area contributed by atoms with Crippen molar-refractivity contribution in [3.05, 3.63) is 21.9 Å². The van der Waals surface area contributed by atoms with Gasteiger partial charge in [-0.25, -0.2) is 0 Å². The molecule has 0 saturated carbocycles. The first-order valence-corrected chi connectivity index (χ1v) is 7.10. The van der Waals surface area contributed by atoms with Gasteiger partial charge in [0.05, 0.1) is 0 Å². The third-order valence-electron chi connectivity index (χ3n) is 2.63. The highest BCUT2D eigenvalue weighted by Crippen LogP contribution is 2.32. The topological polar surface area (TPSA) is 49.3 Å². The normalized spacial score (nSPS) is 13.9. The summed E-state index contributed by atoms with van der Waals surface area (Å²) < 4.78 is 0. The minimum atomic E-state index is -0.807. The lowest BCUT2D eigenvalue weighted by molar-refractivity contribution is -0.139. The van der Waals surface area contributed by atoms with Gasteiger partial charge in [0.1, 0.15) is 6.04 Å². The summed E-state index contributed by atoms with van der Waals surface area (Å²) in [6, 6.07) is 3.37. The summed E-state index contributed by atoms with van der Waals surface area (Å²) in [5.74, 6) is -0.369. The second-order valence-electron chi connectivity index (χ2n) is 6.03. The van der Waals surface area contributed by atoms with Crippen molar-refractivity contribution in [3.8, 4) is 0 Å². The van der Waals surface area contributed by atoms with Gasteiger partial charge < -0.3 is 5.11 Å². The number of hydrogen-bond acceptors (Lipinski definition) is 3. The first-order chi connectivity index (χ1) is 8.21. The largest absolute Gasteiger partial charge is 0.480 e. The highest BCUT2D eigenvalue weighted by molar-refractivity contribution is 7.12. The lowest BCUT2D eigenvalue weighted by Crippen LogP contribution is -2.30.